The van der Waals surface area contributed by atoms with Gasteiger partial charge in [-0.05, 0) is 41.0 Å². The van der Waals surface area contributed by atoms with Crippen molar-refractivity contribution in [1.29, 1.82) is 0 Å². The van der Waals surface area contributed by atoms with E-state index in [1.165, 1.54) is 17.0 Å². The number of halogens is 7. The highest BCUT2D eigenvalue weighted by Gasteiger charge is 2.42. The van der Waals surface area contributed by atoms with Crippen LogP contribution in [0.2, 0.25) is 0 Å². The van der Waals surface area contributed by atoms with Crippen molar-refractivity contribution in [1.82, 2.24) is 4.90 Å². The van der Waals surface area contributed by atoms with Crippen LogP contribution in [0, 0.1) is 5.82 Å². The third-order valence-electron chi connectivity index (χ3n) is 4.39. The van der Waals surface area contributed by atoms with E-state index >= 15 is 0 Å². The van der Waals surface area contributed by atoms with Gasteiger partial charge in [0.25, 0.3) is 0 Å². The number of hydrogen-bond donors (Lipinski definition) is 0. The van der Waals surface area contributed by atoms with Crippen LogP contribution < -0.4 is 0 Å². The van der Waals surface area contributed by atoms with E-state index in [0.29, 0.717) is 17.9 Å². The number of hydrogen-bond acceptors (Lipinski definition) is 2. The number of carbonyl (C=O) groups excluding carboxylic acids is 1. The van der Waals surface area contributed by atoms with Gasteiger partial charge in [-0.3, -0.25) is 4.90 Å². The molecule has 9 heteroatoms. The van der Waals surface area contributed by atoms with Crippen LogP contribution in [0.3, 0.4) is 0 Å². The predicted molar refractivity (Wildman–Crippen MR) is 80.9 cm³/mol. The van der Waals surface area contributed by atoms with Crippen LogP contribution in [0.5, 0.6) is 0 Å². The monoisotopic (exact) mass is 391 g/mol. The second-order valence-electron chi connectivity index (χ2n) is 6.20. The molecular formula is C18H12F7NO. The summed E-state index contributed by atoms with van der Waals surface area (Å²) in [6.07, 6.45) is -9.02. The van der Waals surface area contributed by atoms with Crippen molar-refractivity contribution in [3.8, 4) is 0 Å². The number of benzene rings is 2. The average Bonchev–Trinajstić information content (AvgIpc) is 2.89. The zero-order valence-corrected chi connectivity index (χ0v) is 13.5. The Morgan fingerprint density at radius 2 is 1.63 bits per heavy atom. The molecule has 1 aliphatic rings. The number of carbonyl (C=O) groups is 1. The zero-order valence-electron chi connectivity index (χ0n) is 13.5. The minimum atomic E-state index is -4.84. The summed E-state index contributed by atoms with van der Waals surface area (Å²) in [7, 11) is 0. The molecule has 1 unspecified atom stereocenters. The molecule has 0 spiro atoms. The second kappa shape index (κ2) is 6.63. The van der Waals surface area contributed by atoms with Crippen LogP contribution in [0.1, 0.15) is 33.9 Å². The molecule has 0 aliphatic carbocycles. The summed E-state index contributed by atoms with van der Waals surface area (Å²) in [5.41, 5.74) is -1.97. The SMILES string of the molecule is O=CC1c2c(cc(F)cc2C(F)(F)F)CN1Cc1ccc(C(F)(F)F)cc1. The van der Waals surface area contributed by atoms with E-state index < -0.39 is 35.3 Å². The van der Waals surface area contributed by atoms with Gasteiger partial charge in [-0.15, -0.1) is 0 Å². The Morgan fingerprint density at radius 1 is 1.00 bits per heavy atom. The minimum Gasteiger partial charge on any atom is -0.301 e. The first-order valence-electron chi connectivity index (χ1n) is 7.75. The summed E-state index contributed by atoms with van der Waals surface area (Å²) in [5.74, 6) is -1.07. The van der Waals surface area contributed by atoms with E-state index in [9.17, 15) is 35.5 Å². The lowest BCUT2D eigenvalue weighted by Crippen LogP contribution is -2.24. The van der Waals surface area contributed by atoms with Crippen molar-refractivity contribution >= 4 is 6.29 Å². The molecule has 0 saturated heterocycles. The maximum Gasteiger partial charge on any atom is 0.416 e. The highest BCUT2D eigenvalue weighted by molar-refractivity contribution is 5.66. The first-order chi connectivity index (χ1) is 12.5. The van der Waals surface area contributed by atoms with Gasteiger partial charge >= 0.3 is 12.4 Å². The molecule has 0 bridgehead atoms. The van der Waals surface area contributed by atoms with Gasteiger partial charge in [-0.1, -0.05) is 12.1 Å². The van der Waals surface area contributed by atoms with Crippen LogP contribution >= 0.6 is 0 Å². The fraction of sp³-hybridized carbons (Fsp3) is 0.278. The smallest absolute Gasteiger partial charge is 0.301 e. The number of aldehydes is 1. The normalized spacial score (nSPS) is 17.8. The molecule has 27 heavy (non-hydrogen) atoms. The highest BCUT2D eigenvalue weighted by Crippen LogP contribution is 2.43. The molecule has 0 saturated carbocycles. The molecule has 1 heterocycles. The van der Waals surface area contributed by atoms with E-state index in [1.54, 1.807) is 0 Å². The van der Waals surface area contributed by atoms with E-state index in [1.807, 2.05) is 0 Å². The van der Waals surface area contributed by atoms with Gasteiger partial charge < -0.3 is 4.79 Å². The lowest BCUT2D eigenvalue weighted by atomic mass is 9.98. The molecule has 0 aromatic heterocycles. The van der Waals surface area contributed by atoms with Gasteiger partial charge in [0.15, 0.2) is 0 Å². The number of rotatable bonds is 3. The molecule has 2 nitrogen and oxygen atoms in total. The highest BCUT2D eigenvalue weighted by atomic mass is 19.4. The zero-order chi connectivity index (χ0) is 20.0. The maximum atomic E-state index is 13.6. The van der Waals surface area contributed by atoms with Crippen molar-refractivity contribution in [3.63, 3.8) is 0 Å². The third kappa shape index (κ3) is 3.83. The van der Waals surface area contributed by atoms with Crippen molar-refractivity contribution < 1.29 is 35.5 Å². The molecule has 0 radical (unpaired) electrons. The molecule has 2 aromatic carbocycles. The number of nitrogens with zero attached hydrogens (tertiary/aromatic N) is 1. The van der Waals surface area contributed by atoms with Crippen molar-refractivity contribution in [2.24, 2.45) is 0 Å². The Kier molecular flexibility index (Phi) is 4.75. The lowest BCUT2D eigenvalue weighted by Gasteiger charge is -2.22. The molecular weight excluding hydrogens is 379 g/mol. The Bertz CT molecular complexity index is 856. The van der Waals surface area contributed by atoms with Gasteiger partial charge in [0.1, 0.15) is 12.1 Å². The lowest BCUT2D eigenvalue weighted by molar-refractivity contribution is -0.139. The Hall–Kier alpha value is -2.42. The van der Waals surface area contributed by atoms with Gasteiger partial charge in [-0.25, -0.2) is 4.39 Å². The summed E-state index contributed by atoms with van der Waals surface area (Å²) in [6, 6.07) is 4.12. The molecule has 0 fully saturated rings. The Morgan fingerprint density at radius 3 is 2.15 bits per heavy atom. The largest absolute Gasteiger partial charge is 0.416 e. The fourth-order valence-electron chi connectivity index (χ4n) is 3.23. The van der Waals surface area contributed by atoms with E-state index in [4.69, 9.17) is 0 Å². The number of fused-ring (bicyclic) bond motifs is 1. The van der Waals surface area contributed by atoms with Crippen LogP contribution in [0.15, 0.2) is 36.4 Å². The molecule has 0 amide bonds. The Balaban J connectivity index is 1.91. The molecule has 2 aromatic rings. The third-order valence-corrected chi connectivity index (χ3v) is 4.39. The summed E-state index contributed by atoms with van der Waals surface area (Å²) < 4.78 is 91.1. The minimum absolute atomic E-state index is 0.0336. The van der Waals surface area contributed by atoms with E-state index in [0.717, 1.165) is 18.2 Å². The fourth-order valence-corrected chi connectivity index (χ4v) is 3.23. The first kappa shape index (κ1) is 19.3. The molecule has 3 rings (SSSR count). The summed E-state index contributed by atoms with van der Waals surface area (Å²) in [5, 5.41) is 0. The standard InChI is InChI=1S/C18H12F7NO/c19-13-5-11-8-26(7-10-1-3-12(4-2-10)17(20,21)22)15(9-27)16(11)14(6-13)18(23,24)25/h1-6,9,15H,7-8H2. The average molecular weight is 391 g/mol. The van der Waals surface area contributed by atoms with E-state index in [2.05, 4.69) is 0 Å². The molecule has 1 atom stereocenters. The Labute approximate surface area is 149 Å². The van der Waals surface area contributed by atoms with Crippen LogP contribution in [-0.4, -0.2) is 11.2 Å². The van der Waals surface area contributed by atoms with E-state index in [-0.39, 0.29) is 24.2 Å². The number of alkyl halides is 6. The van der Waals surface area contributed by atoms with Crippen molar-refractivity contribution in [3.05, 3.63) is 70.0 Å². The molecule has 0 N–H and O–H groups in total. The van der Waals surface area contributed by atoms with Gasteiger partial charge in [-0.2, -0.15) is 26.3 Å². The molecule has 1 aliphatic heterocycles. The summed E-state index contributed by atoms with van der Waals surface area (Å²) in [6.45, 7) is -0.185. The first-order valence-corrected chi connectivity index (χ1v) is 7.75. The predicted octanol–water partition coefficient (Wildman–Crippen LogP) is 5.12. The van der Waals surface area contributed by atoms with Crippen LogP contribution in [0.4, 0.5) is 30.7 Å². The van der Waals surface area contributed by atoms with Gasteiger partial charge in [0.2, 0.25) is 0 Å². The summed E-state index contributed by atoms with van der Waals surface area (Å²) in [4.78, 5) is 12.8. The maximum absolute atomic E-state index is 13.6. The topological polar surface area (TPSA) is 20.3 Å². The van der Waals surface area contributed by atoms with Gasteiger partial charge in [0, 0.05) is 13.1 Å². The van der Waals surface area contributed by atoms with Gasteiger partial charge in [0.05, 0.1) is 17.2 Å². The second-order valence-corrected chi connectivity index (χ2v) is 6.20. The van der Waals surface area contributed by atoms with Crippen LogP contribution in [-0.2, 0) is 30.2 Å². The summed E-state index contributed by atoms with van der Waals surface area (Å²) >= 11 is 0. The van der Waals surface area contributed by atoms with Crippen LogP contribution in [0.25, 0.3) is 0 Å². The van der Waals surface area contributed by atoms with Crippen molar-refractivity contribution in [2.75, 3.05) is 0 Å². The van der Waals surface area contributed by atoms with Crippen molar-refractivity contribution in [2.45, 2.75) is 31.5 Å². The quantitative estimate of drug-likeness (QED) is 0.535. The molecule has 144 valence electrons.